The number of hydrogen-bond acceptors (Lipinski definition) is 4. The minimum Gasteiger partial charge on any atom is -0.478 e. The Morgan fingerprint density at radius 2 is 2.00 bits per heavy atom. The molecule has 0 radical (unpaired) electrons. The highest BCUT2D eigenvalue weighted by Gasteiger charge is 2.67. The van der Waals surface area contributed by atoms with Gasteiger partial charge in [0.1, 0.15) is 11.2 Å². The molecule has 1 saturated carbocycles. The van der Waals surface area contributed by atoms with Gasteiger partial charge >= 0.3 is 5.97 Å². The van der Waals surface area contributed by atoms with Crippen LogP contribution in [0.2, 0.25) is 0 Å². The molecule has 0 amide bonds. The third-order valence-corrected chi connectivity index (χ3v) is 4.69. The van der Waals surface area contributed by atoms with E-state index in [4.69, 9.17) is 9.84 Å². The Morgan fingerprint density at radius 1 is 1.35 bits per heavy atom. The highest BCUT2D eigenvalue weighted by molar-refractivity contribution is 5.81. The largest absolute Gasteiger partial charge is 0.478 e. The molecule has 0 spiro atoms. The smallest absolute Gasteiger partial charge is 0.328 e. The van der Waals surface area contributed by atoms with Crippen LogP contribution in [-0.2, 0) is 9.53 Å². The molecule has 5 nitrogen and oxygen atoms in total. The van der Waals surface area contributed by atoms with E-state index in [1.165, 1.54) is 0 Å². The van der Waals surface area contributed by atoms with Gasteiger partial charge in [-0.3, -0.25) is 0 Å². The van der Waals surface area contributed by atoms with E-state index in [1.54, 1.807) is 26.0 Å². The fraction of sp³-hybridized carbons (Fsp3) is 0.667. The van der Waals surface area contributed by atoms with Gasteiger partial charge < -0.3 is 20.1 Å². The zero-order chi connectivity index (χ0) is 15.2. The molecule has 1 aliphatic heterocycles. The van der Waals surface area contributed by atoms with Crippen molar-refractivity contribution in [2.24, 2.45) is 5.41 Å². The van der Waals surface area contributed by atoms with Gasteiger partial charge in [-0.25, -0.2) is 4.79 Å². The predicted molar refractivity (Wildman–Crippen MR) is 73.2 cm³/mol. The number of aliphatic hydroxyl groups is 2. The molecular weight excluding hydrogens is 260 g/mol. The molecule has 5 heteroatoms. The van der Waals surface area contributed by atoms with Gasteiger partial charge in [-0.1, -0.05) is 13.0 Å². The van der Waals surface area contributed by atoms with Crippen LogP contribution in [0.5, 0.6) is 0 Å². The Balaban J connectivity index is 2.34. The Morgan fingerprint density at radius 3 is 2.55 bits per heavy atom. The van der Waals surface area contributed by atoms with E-state index in [0.717, 1.165) is 6.08 Å². The maximum Gasteiger partial charge on any atom is 0.328 e. The van der Waals surface area contributed by atoms with Crippen LogP contribution in [0.1, 0.15) is 33.6 Å². The van der Waals surface area contributed by atoms with Crippen LogP contribution in [0, 0.1) is 5.41 Å². The average molecular weight is 282 g/mol. The number of hydrogen-bond donors (Lipinski definition) is 3. The molecule has 0 aromatic carbocycles. The van der Waals surface area contributed by atoms with Gasteiger partial charge in [-0.05, 0) is 31.9 Å². The zero-order valence-electron chi connectivity index (χ0n) is 12.1. The number of fused-ring (bicyclic) bond motifs is 2. The van der Waals surface area contributed by atoms with Crippen LogP contribution < -0.4 is 0 Å². The van der Waals surface area contributed by atoms with Gasteiger partial charge in [0, 0.05) is 17.9 Å². The van der Waals surface area contributed by atoms with E-state index < -0.39 is 28.7 Å². The average Bonchev–Trinajstić information content (AvgIpc) is 2.43. The van der Waals surface area contributed by atoms with Gasteiger partial charge in [-0.15, -0.1) is 0 Å². The molecule has 2 rings (SSSR count). The van der Waals surface area contributed by atoms with Crippen LogP contribution in [0.4, 0.5) is 0 Å². The molecule has 2 bridgehead atoms. The third kappa shape index (κ3) is 2.20. The predicted octanol–water partition coefficient (Wildman–Crippen LogP) is 1.25. The van der Waals surface area contributed by atoms with Crippen molar-refractivity contribution in [1.82, 2.24) is 0 Å². The van der Waals surface area contributed by atoms with Gasteiger partial charge in [0.25, 0.3) is 0 Å². The van der Waals surface area contributed by atoms with Crippen LogP contribution in [0.25, 0.3) is 0 Å². The maximum absolute atomic E-state index is 11.1. The van der Waals surface area contributed by atoms with Crippen LogP contribution in [0.15, 0.2) is 23.8 Å². The lowest BCUT2D eigenvalue weighted by Crippen LogP contribution is -2.60. The molecule has 20 heavy (non-hydrogen) atoms. The summed E-state index contributed by atoms with van der Waals surface area (Å²) in [6, 6.07) is 0. The van der Waals surface area contributed by atoms with Crippen molar-refractivity contribution < 1.29 is 24.9 Å². The minimum atomic E-state index is -1.22. The lowest BCUT2D eigenvalue weighted by molar-refractivity contribution is -0.150. The summed E-state index contributed by atoms with van der Waals surface area (Å²) < 4.78 is 5.77. The Kier molecular flexibility index (Phi) is 3.57. The first-order chi connectivity index (χ1) is 9.12. The SMILES string of the molecule is CC(C=C[C@]1(O)[C@@]2(C)CO[C@]1(C)CC(O)C2)=CC(=O)O. The Labute approximate surface area is 118 Å². The molecule has 2 aliphatic rings. The Hall–Kier alpha value is -1.17. The number of ether oxygens (including phenoxy) is 1. The van der Waals surface area contributed by atoms with Crippen molar-refractivity contribution in [3.63, 3.8) is 0 Å². The second kappa shape index (κ2) is 4.69. The summed E-state index contributed by atoms with van der Waals surface area (Å²) >= 11 is 0. The highest BCUT2D eigenvalue weighted by atomic mass is 16.5. The van der Waals surface area contributed by atoms with E-state index in [9.17, 15) is 15.0 Å². The van der Waals surface area contributed by atoms with E-state index in [2.05, 4.69) is 0 Å². The molecule has 1 aliphatic carbocycles. The fourth-order valence-electron chi connectivity index (χ4n) is 3.52. The molecule has 0 aromatic heterocycles. The lowest BCUT2D eigenvalue weighted by Gasteiger charge is -2.49. The summed E-state index contributed by atoms with van der Waals surface area (Å²) in [6.07, 6.45) is 4.66. The molecule has 3 N–H and O–H groups in total. The first-order valence-electron chi connectivity index (χ1n) is 6.77. The first kappa shape index (κ1) is 15.2. The number of rotatable bonds is 3. The van der Waals surface area contributed by atoms with E-state index >= 15 is 0 Å². The number of aliphatic carboxylic acids is 1. The van der Waals surface area contributed by atoms with E-state index in [0.29, 0.717) is 25.0 Å². The standard InChI is InChI=1S/C15H22O5/c1-10(6-12(17)18)4-5-15(19)13(2)7-11(16)8-14(15,3)20-9-13/h4-6,11,16,19H,7-9H2,1-3H3,(H,17,18)/t11?,13-,14-,15+/m1/s1. The first-order valence-corrected chi connectivity index (χ1v) is 6.77. The van der Waals surface area contributed by atoms with E-state index in [-0.39, 0.29) is 0 Å². The van der Waals surface area contributed by atoms with Gasteiger partial charge in [0.05, 0.1) is 12.7 Å². The van der Waals surface area contributed by atoms with Crippen molar-refractivity contribution in [3.05, 3.63) is 23.8 Å². The fourth-order valence-corrected chi connectivity index (χ4v) is 3.52. The van der Waals surface area contributed by atoms with E-state index in [1.807, 2.05) is 6.92 Å². The second-order valence-electron chi connectivity index (χ2n) is 6.47. The molecule has 2 fully saturated rings. The van der Waals surface area contributed by atoms with Crippen molar-refractivity contribution in [1.29, 1.82) is 0 Å². The van der Waals surface area contributed by atoms with Crippen LogP contribution in [-0.4, -0.2) is 45.2 Å². The maximum atomic E-state index is 11.1. The summed E-state index contributed by atoms with van der Waals surface area (Å²) in [5, 5.41) is 29.7. The molecular formula is C15H22O5. The molecule has 1 saturated heterocycles. The van der Waals surface area contributed by atoms with Crippen LogP contribution in [0.3, 0.4) is 0 Å². The van der Waals surface area contributed by atoms with Crippen molar-refractivity contribution in [2.45, 2.75) is 50.9 Å². The quantitative estimate of drug-likeness (QED) is 0.536. The monoisotopic (exact) mass is 282 g/mol. The summed E-state index contributed by atoms with van der Waals surface area (Å²) in [5.74, 6) is -1.02. The normalized spacial score (nSPS) is 45.0. The molecule has 112 valence electrons. The van der Waals surface area contributed by atoms with Crippen molar-refractivity contribution in [3.8, 4) is 0 Å². The number of carboxylic acids is 1. The number of aliphatic hydroxyl groups excluding tert-OH is 1. The Bertz CT molecular complexity index is 461. The number of carbonyl (C=O) groups is 1. The molecule has 1 unspecified atom stereocenters. The van der Waals surface area contributed by atoms with Crippen molar-refractivity contribution >= 4 is 5.97 Å². The second-order valence-corrected chi connectivity index (χ2v) is 6.47. The summed E-state index contributed by atoms with van der Waals surface area (Å²) in [5.41, 5.74) is -2.09. The summed E-state index contributed by atoms with van der Waals surface area (Å²) in [4.78, 5) is 10.6. The highest BCUT2D eigenvalue weighted by Crippen LogP contribution is 2.57. The zero-order valence-corrected chi connectivity index (χ0v) is 12.1. The van der Waals surface area contributed by atoms with Gasteiger partial charge in [0.2, 0.25) is 0 Å². The lowest BCUT2D eigenvalue weighted by atomic mass is 9.59. The summed E-state index contributed by atoms with van der Waals surface area (Å²) in [6.45, 7) is 5.73. The molecule has 4 atom stereocenters. The number of allylic oxidation sites excluding steroid dienone is 2. The summed E-state index contributed by atoms with van der Waals surface area (Å²) in [7, 11) is 0. The van der Waals surface area contributed by atoms with Gasteiger partial charge in [-0.2, -0.15) is 0 Å². The third-order valence-electron chi connectivity index (χ3n) is 4.69. The van der Waals surface area contributed by atoms with Gasteiger partial charge in [0.15, 0.2) is 0 Å². The topological polar surface area (TPSA) is 87.0 Å². The molecule has 1 heterocycles. The van der Waals surface area contributed by atoms with Crippen LogP contribution >= 0.6 is 0 Å². The van der Waals surface area contributed by atoms with Crippen molar-refractivity contribution in [2.75, 3.05) is 6.61 Å². The minimum absolute atomic E-state index is 0.366. The number of carboxylic acid groups (broad SMARTS) is 1. The molecule has 0 aromatic rings.